The van der Waals surface area contributed by atoms with Crippen molar-refractivity contribution < 1.29 is 61.7 Å². The van der Waals surface area contributed by atoms with Crippen LogP contribution in [0.3, 0.4) is 0 Å². The van der Waals surface area contributed by atoms with Crippen molar-refractivity contribution in [1.82, 2.24) is 0 Å². The van der Waals surface area contributed by atoms with Gasteiger partial charge in [0.2, 0.25) is 0 Å². The molecule has 0 amide bonds. The first kappa shape index (κ1) is 9.87. The third-order valence-corrected chi connectivity index (χ3v) is 6.69. The molecule has 2 unspecified atom stereocenters. The molecule has 0 aromatic heterocycles. The van der Waals surface area contributed by atoms with E-state index < -0.39 is 0 Å². The van der Waals surface area contributed by atoms with Gasteiger partial charge in [-0.1, -0.05) is 0 Å². The van der Waals surface area contributed by atoms with Crippen LogP contribution in [0.15, 0.2) is 0 Å². The summed E-state index contributed by atoms with van der Waals surface area (Å²) in [6, 6.07) is 0. The van der Waals surface area contributed by atoms with E-state index in [-0.39, 0.29) is 0 Å². The van der Waals surface area contributed by atoms with Crippen LogP contribution in [0.25, 0.3) is 0 Å². The summed E-state index contributed by atoms with van der Waals surface area (Å²) in [6.07, 6.45) is 0.916. The van der Waals surface area contributed by atoms with Gasteiger partial charge in [-0.15, -0.1) is 0 Å². The number of hydrogen-bond donors (Lipinski definition) is 0. The molecular weight excluding hydrogens is 505 g/mol. The van der Waals surface area contributed by atoms with E-state index in [1.807, 2.05) is 0 Å². The first-order valence-electron chi connectivity index (χ1n) is 3.68. The Bertz CT molecular complexity index is 79.7. The Morgan fingerprint density at radius 2 is 1.40 bits per heavy atom. The molecule has 1 saturated heterocycles. The molecule has 1 aliphatic rings. The Hall–Kier alpha value is 1.79. The van der Waals surface area contributed by atoms with Crippen LogP contribution >= 0.6 is 0 Å². The zero-order valence-corrected chi connectivity index (χ0v) is 17.2. The monoisotopic (exact) mass is 518 g/mol. The molecule has 2 atom stereocenters. The number of hydrogen-bond acceptors (Lipinski definition) is 2. The Morgan fingerprint density at radius 1 is 1.00 bits per heavy atom. The zero-order chi connectivity index (χ0) is 7.40. The Morgan fingerprint density at radius 3 is 1.60 bits per heavy atom. The first-order chi connectivity index (χ1) is 4.86. The molecule has 4 heteroatoms. The minimum atomic E-state index is 0.458. The van der Waals surface area contributed by atoms with Crippen molar-refractivity contribution in [3.05, 3.63) is 0 Å². The molecule has 0 aromatic rings. The van der Waals surface area contributed by atoms with Crippen LogP contribution in [0.2, 0.25) is 7.86 Å². The molecule has 1 fully saturated rings. The third-order valence-electron chi connectivity index (χ3n) is 1.68. The van der Waals surface area contributed by atoms with E-state index in [0.717, 1.165) is 65.5 Å². The molecular formula is C6H10Hg2O2+2. The molecule has 1 heterocycles. The normalized spacial score (nSPS) is 34.4. The van der Waals surface area contributed by atoms with E-state index in [2.05, 4.69) is 0 Å². The van der Waals surface area contributed by atoms with Gasteiger partial charge in [-0.25, -0.2) is 0 Å². The molecule has 0 aromatic carbocycles. The minimum absolute atomic E-state index is 0.458. The predicted octanol–water partition coefficient (Wildman–Crippen LogP) is 0.701. The molecule has 0 radical (unpaired) electrons. The van der Waals surface area contributed by atoms with Crippen LogP contribution in [0, 0.1) is 0 Å². The summed E-state index contributed by atoms with van der Waals surface area (Å²) in [5.41, 5.74) is 0. The van der Waals surface area contributed by atoms with E-state index in [1.165, 1.54) is 7.86 Å². The second-order valence-electron chi connectivity index (χ2n) is 2.49. The summed E-state index contributed by atoms with van der Waals surface area (Å²) in [7, 11) is 0. The molecule has 2 nitrogen and oxygen atoms in total. The van der Waals surface area contributed by atoms with Gasteiger partial charge in [0.25, 0.3) is 0 Å². The molecule has 0 saturated carbocycles. The average Bonchev–Trinajstić information content (AvgIpc) is 2.05. The topological polar surface area (TPSA) is 18.5 Å². The van der Waals surface area contributed by atoms with Crippen molar-refractivity contribution >= 4 is 0 Å². The van der Waals surface area contributed by atoms with Crippen molar-refractivity contribution in [1.29, 1.82) is 0 Å². The quantitative estimate of drug-likeness (QED) is 0.505. The van der Waals surface area contributed by atoms with E-state index in [0.29, 0.717) is 12.2 Å². The van der Waals surface area contributed by atoms with Crippen molar-refractivity contribution in [2.24, 2.45) is 0 Å². The van der Waals surface area contributed by atoms with E-state index in [4.69, 9.17) is 9.47 Å². The van der Waals surface area contributed by atoms with E-state index in [9.17, 15) is 0 Å². The summed E-state index contributed by atoms with van der Waals surface area (Å²) < 4.78 is 13.7. The molecule has 0 spiro atoms. The fraction of sp³-hybridized carbons (Fsp3) is 1.00. The standard InChI is InChI=1S/C6H10O2.2Hg/c1-5-3-8-6(2)4-7-5;;/h5-6H,1-4H2;;/q;2*+1. The number of rotatable bonds is 2. The second-order valence-corrected chi connectivity index (χ2v) is 6.98. The molecule has 0 N–H and O–H groups in total. The van der Waals surface area contributed by atoms with Gasteiger partial charge < -0.3 is 0 Å². The SMILES string of the molecule is [Hg+][CH2]C1COC([CH2][Hg+])CO1. The van der Waals surface area contributed by atoms with Gasteiger partial charge in [-0.2, -0.15) is 0 Å². The van der Waals surface area contributed by atoms with Gasteiger partial charge in [0.1, 0.15) is 0 Å². The summed E-state index contributed by atoms with van der Waals surface area (Å²) >= 11 is 1.74. The number of ether oxygens (including phenoxy) is 2. The van der Waals surface area contributed by atoms with Crippen LogP contribution in [-0.4, -0.2) is 25.4 Å². The van der Waals surface area contributed by atoms with Gasteiger partial charge in [-0.3, -0.25) is 0 Å². The van der Waals surface area contributed by atoms with E-state index >= 15 is 0 Å². The molecule has 1 aliphatic heterocycles. The fourth-order valence-corrected chi connectivity index (χ4v) is 3.51. The van der Waals surface area contributed by atoms with Gasteiger partial charge in [0.15, 0.2) is 0 Å². The van der Waals surface area contributed by atoms with E-state index in [1.54, 1.807) is 0 Å². The van der Waals surface area contributed by atoms with Crippen molar-refractivity contribution in [2.45, 2.75) is 20.1 Å². The molecule has 48 valence electrons. The molecule has 10 heavy (non-hydrogen) atoms. The Balaban J connectivity index is 2.17. The zero-order valence-electron chi connectivity index (χ0n) is 6.21. The Labute approximate surface area is 94.0 Å². The Kier molecular flexibility index (Phi) is 5.37. The second kappa shape index (κ2) is 5.44. The third kappa shape index (κ3) is 3.03. The van der Waals surface area contributed by atoms with Gasteiger partial charge >= 0.3 is 95.0 Å². The van der Waals surface area contributed by atoms with Gasteiger partial charge in [0.05, 0.1) is 0 Å². The van der Waals surface area contributed by atoms with Crippen molar-refractivity contribution in [3.8, 4) is 0 Å². The van der Waals surface area contributed by atoms with Crippen LogP contribution in [0.1, 0.15) is 0 Å². The molecule has 1 rings (SSSR count). The van der Waals surface area contributed by atoms with Crippen LogP contribution in [0.5, 0.6) is 0 Å². The maximum absolute atomic E-state index is 5.59. The molecule has 0 aliphatic carbocycles. The molecule has 0 bridgehead atoms. The maximum atomic E-state index is 5.59. The summed E-state index contributed by atoms with van der Waals surface area (Å²) in [6.45, 7) is 1.73. The first-order valence-corrected chi connectivity index (χ1v) is 11.5. The summed E-state index contributed by atoms with van der Waals surface area (Å²) in [5, 5.41) is 0. The fourth-order valence-electron chi connectivity index (χ4n) is 0.916. The van der Waals surface area contributed by atoms with Crippen molar-refractivity contribution in [3.63, 3.8) is 0 Å². The van der Waals surface area contributed by atoms with Gasteiger partial charge in [-0.05, 0) is 0 Å². The summed E-state index contributed by atoms with van der Waals surface area (Å²) in [5.74, 6) is 0. The van der Waals surface area contributed by atoms with Crippen molar-refractivity contribution in [2.75, 3.05) is 13.2 Å². The predicted molar refractivity (Wildman–Crippen MR) is 29.1 cm³/mol. The van der Waals surface area contributed by atoms with Crippen LogP contribution < -0.4 is 0 Å². The average molecular weight is 515 g/mol. The van der Waals surface area contributed by atoms with Crippen LogP contribution in [0.4, 0.5) is 0 Å². The summed E-state index contributed by atoms with van der Waals surface area (Å²) in [4.78, 5) is 0. The van der Waals surface area contributed by atoms with Crippen LogP contribution in [-0.2, 0) is 61.7 Å². The van der Waals surface area contributed by atoms with Gasteiger partial charge in [0, 0.05) is 0 Å².